The van der Waals surface area contributed by atoms with Crippen LogP contribution in [0.4, 0.5) is 4.79 Å². The van der Waals surface area contributed by atoms with Gasteiger partial charge >= 0.3 is 6.09 Å². The fraction of sp³-hybridized carbons (Fsp3) is 0.800. The maximum absolute atomic E-state index is 10.3. The van der Waals surface area contributed by atoms with Crippen molar-refractivity contribution in [2.75, 3.05) is 13.2 Å². The zero-order valence-corrected chi connectivity index (χ0v) is 4.81. The van der Waals surface area contributed by atoms with Crippen LogP contribution in [0, 0.1) is 5.92 Å². The molecule has 0 aliphatic carbocycles. The molecule has 0 bridgehead atoms. The number of hydrogen-bond acceptors (Lipinski definition) is 2. The number of rotatable bonds is 0. The van der Waals surface area contributed by atoms with Gasteiger partial charge in [0.2, 0.25) is 0 Å². The summed E-state index contributed by atoms with van der Waals surface area (Å²) in [4.78, 5) is 10.3. The van der Waals surface area contributed by atoms with Gasteiger partial charge < -0.3 is 10.1 Å². The van der Waals surface area contributed by atoms with E-state index in [1.54, 1.807) is 0 Å². The number of carbonyl (C=O) groups is 1. The lowest BCUT2D eigenvalue weighted by Gasteiger charge is -2.18. The molecule has 0 radical (unpaired) electrons. The van der Waals surface area contributed by atoms with Crippen molar-refractivity contribution in [2.24, 2.45) is 5.92 Å². The fourth-order valence-corrected chi connectivity index (χ4v) is 0.585. The van der Waals surface area contributed by atoms with Gasteiger partial charge in [0, 0.05) is 12.5 Å². The lowest BCUT2D eigenvalue weighted by molar-refractivity contribution is 0.107. The third kappa shape index (κ3) is 1.12. The van der Waals surface area contributed by atoms with Crippen molar-refractivity contribution in [3.63, 3.8) is 0 Å². The number of amides is 1. The molecule has 46 valence electrons. The van der Waals surface area contributed by atoms with E-state index in [9.17, 15) is 4.79 Å². The van der Waals surface area contributed by atoms with Crippen LogP contribution in [0.3, 0.4) is 0 Å². The molecule has 1 fully saturated rings. The second-order valence-electron chi connectivity index (χ2n) is 2.08. The van der Waals surface area contributed by atoms with Crippen LogP contribution in [0.25, 0.3) is 0 Å². The van der Waals surface area contributed by atoms with E-state index in [1.165, 1.54) is 0 Å². The highest BCUT2D eigenvalue weighted by Crippen LogP contribution is 1.98. The Morgan fingerprint density at radius 3 is 3.00 bits per heavy atom. The van der Waals surface area contributed by atoms with Gasteiger partial charge in [-0.25, -0.2) is 4.79 Å². The summed E-state index contributed by atoms with van der Waals surface area (Å²) in [6.45, 7) is 3.34. The number of ether oxygens (including phenoxy) is 1. The van der Waals surface area contributed by atoms with Gasteiger partial charge in [0.05, 0.1) is 6.61 Å². The van der Waals surface area contributed by atoms with E-state index in [0.717, 1.165) is 6.54 Å². The molecule has 1 atom stereocenters. The molecule has 0 aromatic carbocycles. The number of cyclic esters (lactones) is 1. The second kappa shape index (κ2) is 2.03. The van der Waals surface area contributed by atoms with Crippen LogP contribution < -0.4 is 5.32 Å². The normalized spacial score (nSPS) is 28.6. The molecule has 1 heterocycles. The van der Waals surface area contributed by atoms with Crippen molar-refractivity contribution in [2.45, 2.75) is 6.92 Å². The molecule has 1 rings (SSSR count). The van der Waals surface area contributed by atoms with Crippen molar-refractivity contribution >= 4 is 6.09 Å². The summed E-state index contributed by atoms with van der Waals surface area (Å²) >= 11 is 0. The SMILES string of the molecule is CC1CNC(=O)OC1. The molecular weight excluding hydrogens is 106 g/mol. The zero-order chi connectivity index (χ0) is 5.98. The minimum Gasteiger partial charge on any atom is -0.449 e. The van der Waals surface area contributed by atoms with E-state index < -0.39 is 0 Å². The quantitative estimate of drug-likeness (QED) is 0.495. The maximum atomic E-state index is 10.3. The molecule has 8 heavy (non-hydrogen) atoms. The molecule has 1 saturated heterocycles. The molecular formula is C5H9NO2. The summed E-state index contributed by atoms with van der Waals surface area (Å²) in [5.74, 6) is 0.465. The molecule has 3 nitrogen and oxygen atoms in total. The van der Waals surface area contributed by atoms with Crippen LogP contribution in [0.2, 0.25) is 0 Å². The highest BCUT2D eigenvalue weighted by atomic mass is 16.6. The largest absolute Gasteiger partial charge is 0.449 e. The molecule has 3 heteroatoms. The lowest BCUT2D eigenvalue weighted by Crippen LogP contribution is -2.37. The van der Waals surface area contributed by atoms with Crippen LogP contribution in [0.5, 0.6) is 0 Å². The molecule has 1 amide bonds. The van der Waals surface area contributed by atoms with Gasteiger partial charge in [-0.2, -0.15) is 0 Å². The first-order valence-electron chi connectivity index (χ1n) is 2.69. The van der Waals surface area contributed by atoms with Crippen LogP contribution >= 0.6 is 0 Å². The van der Waals surface area contributed by atoms with E-state index in [-0.39, 0.29) is 6.09 Å². The molecule has 0 saturated carbocycles. The van der Waals surface area contributed by atoms with Crippen molar-refractivity contribution in [3.8, 4) is 0 Å². The first-order chi connectivity index (χ1) is 3.79. The third-order valence-electron chi connectivity index (χ3n) is 1.09. The molecule has 0 spiro atoms. The molecule has 1 aliphatic rings. The van der Waals surface area contributed by atoms with Gasteiger partial charge in [-0.15, -0.1) is 0 Å². The van der Waals surface area contributed by atoms with Gasteiger partial charge in [0.15, 0.2) is 0 Å². The van der Waals surface area contributed by atoms with Crippen molar-refractivity contribution in [3.05, 3.63) is 0 Å². The first kappa shape index (κ1) is 5.41. The highest BCUT2D eigenvalue weighted by Gasteiger charge is 2.13. The van der Waals surface area contributed by atoms with Gasteiger partial charge in [0.1, 0.15) is 0 Å². The monoisotopic (exact) mass is 115 g/mol. The van der Waals surface area contributed by atoms with Gasteiger partial charge in [0.25, 0.3) is 0 Å². The van der Waals surface area contributed by atoms with E-state index in [2.05, 4.69) is 10.1 Å². The smallest absolute Gasteiger partial charge is 0.407 e. The molecule has 1 N–H and O–H groups in total. The maximum Gasteiger partial charge on any atom is 0.407 e. The Morgan fingerprint density at radius 1 is 1.88 bits per heavy atom. The number of hydrogen-bond donors (Lipinski definition) is 1. The average molecular weight is 115 g/mol. The highest BCUT2D eigenvalue weighted by molar-refractivity contribution is 5.67. The minimum atomic E-state index is -0.289. The van der Waals surface area contributed by atoms with Crippen LogP contribution in [-0.2, 0) is 4.74 Å². The van der Waals surface area contributed by atoms with Gasteiger partial charge in [-0.3, -0.25) is 0 Å². The lowest BCUT2D eigenvalue weighted by atomic mass is 10.2. The number of nitrogens with one attached hydrogen (secondary N) is 1. The van der Waals surface area contributed by atoms with E-state index in [1.807, 2.05) is 6.92 Å². The first-order valence-corrected chi connectivity index (χ1v) is 2.69. The number of alkyl carbamates (subject to hydrolysis) is 1. The molecule has 0 aromatic rings. The topological polar surface area (TPSA) is 38.3 Å². The van der Waals surface area contributed by atoms with Crippen molar-refractivity contribution in [1.82, 2.24) is 5.32 Å². The summed E-state index contributed by atoms with van der Waals surface area (Å²) in [5, 5.41) is 2.57. The summed E-state index contributed by atoms with van der Waals surface area (Å²) < 4.78 is 4.64. The standard InChI is InChI=1S/C5H9NO2/c1-4-2-6-5(7)8-3-4/h4H,2-3H2,1H3,(H,6,7). The predicted molar refractivity (Wildman–Crippen MR) is 28.5 cm³/mol. The molecule has 0 aromatic heterocycles. The Balaban J connectivity index is 2.29. The van der Waals surface area contributed by atoms with E-state index in [4.69, 9.17) is 0 Å². The Bertz CT molecular complexity index is 92.6. The van der Waals surface area contributed by atoms with E-state index >= 15 is 0 Å². The third-order valence-corrected chi connectivity index (χ3v) is 1.09. The van der Waals surface area contributed by atoms with E-state index in [0.29, 0.717) is 12.5 Å². The van der Waals surface area contributed by atoms with Crippen molar-refractivity contribution in [1.29, 1.82) is 0 Å². The number of carbonyl (C=O) groups excluding carboxylic acids is 1. The summed E-state index contributed by atoms with van der Waals surface area (Å²) in [5.41, 5.74) is 0. The molecule has 1 unspecified atom stereocenters. The predicted octanol–water partition coefficient (Wildman–Crippen LogP) is 0.362. The fourth-order valence-electron chi connectivity index (χ4n) is 0.585. The Kier molecular flexibility index (Phi) is 1.37. The van der Waals surface area contributed by atoms with Gasteiger partial charge in [-0.05, 0) is 0 Å². The Morgan fingerprint density at radius 2 is 2.62 bits per heavy atom. The minimum absolute atomic E-state index is 0.289. The van der Waals surface area contributed by atoms with Crippen LogP contribution in [0.1, 0.15) is 6.92 Å². The van der Waals surface area contributed by atoms with Crippen molar-refractivity contribution < 1.29 is 9.53 Å². The zero-order valence-electron chi connectivity index (χ0n) is 4.81. The Hall–Kier alpha value is -0.730. The summed E-state index contributed by atoms with van der Waals surface area (Å²) in [6, 6.07) is 0. The second-order valence-corrected chi connectivity index (χ2v) is 2.08. The average Bonchev–Trinajstić information content (AvgIpc) is 1.77. The molecule has 1 aliphatic heterocycles. The van der Waals surface area contributed by atoms with Crippen LogP contribution in [-0.4, -0.2) is 19.2 Å². The Labute approximate surface area is 48.0 Å². The van der Waals surface area contributed by atoms with Crippen LogP contribution in [0.15, 0.2) is 0 Å². The van der Waals surface area contributed by atoms with Gasteiger partial charge in [-0.1, -0.05) is 6.92 Å². The summed E-state index contributed by atoms with van der Waals surface area (Å²) in [7, 11) is 0. The summed E-state index contributed by atoms with van der Waals surface area (Å²) in [6.07, 6.45) is -0.289.